The second-order valence-electron chi connectivity index (χ2n) is 4.15. The van der Waals surface area contributed by atoms with E-state index >= 15 is 0 Å². The number of carboxylic acids is 1. The number of hydrogen-bond acceptors (Lipinski definition) is 2. The lowest BCUT2D eigenvalue weighted by Crippen LogP contribution is -2.34. The van der Waals surface area contributed by atoms with Gasteiger partial charge in [0.1, 0.15) is 0 Å². The quantitative estimate of drug-likeness (QED) is 0.623. The predicted octanol–water partition coefficient (Wildman–Crippen LogP) is 1.68. The Morgan fingerprint density at radius 3 is 2.93 bits per heavy atom. The van der Waals surface area contributed by atoms with Crippen molar-refractivity contribution in [2.24, 2.45) is 11.3 Å². The highest BCUT2D eigenvalue weighted by Gasteiger charge is 2.34. The molecule has 0 bridgehead atoms. The van der Waals surface area contributed by atoms with Gasteiger partial charge in [-0.1, -0.05) is 25.2 Å². The molecule has 2 atom stereocenters. The van der Waals surface area contributed by atoms with E-state index < -0.39 is 5.97 Å². The van der Waals surface area contributed by atoms with Crippen LogP contribution in [0.5, 0.6) is 0 Å². The third-order valence-electron chi connectivity index (χ3n) is 3.20. The largest absolute Gasteiger partial charge is 0.550 e. The summed E-state index contributed by atoms with van der Waals surface area (Å²) in [6, 6.07) is 0. The second kappa shape index (κ2) is 4.45. The Morgan fingerprint density at radius 2 is 2.50 bits per heavy atom. The van der Waals surface area contributed by atoms with Gasteiger partial charge in [-0.25, -0.2) is 0 Å². The van der Waals surface area contributed by atoms with Gasteiger partial charge in [-0.15, -0.1) is 6.58 Å². The molecule has 1 rings (SSSR count). The highest BCUT2D eigenvalue weighted by atomic mass is 16.4. The molecule has 0 spiro atoms. The van der Waals surface area contributed by atoms with Gasteiger partial charge in [0.05, 0.1) is 0 Å². The Labute approximate surface area is 85.3 Å². The summed E-state index contributed by atoms with van der Waals surface area (Å²) in [4.78, 5) is 10.7. The highest BCUT2D eigenvalue weighted by molar-refractivity contribution is 5.66. The number of carboxylic acid groups (broad SMARTS) is 1. The van der Waals surface area contributed by atoms with Gasteiger partial charge in [-0.3, -0.25) is 0 Å². The molecule has 0 amide bonds. The summed E-state index contributed by atoms with van der Waals surface area (Å²) in [6.07, 6.45) is 8.88. The topological polar surface area (TPSA) is 40.1 Å². The van der Waals surface area contributed by atoms with Crippen molar-refractivity contribution in [1.82, 2.24) is 0 Å². The van der Waals surface area contributed by atoms with Crippen LogP contribution < -0.4 is 5.11 Å². The molecule has 0 saturated heterocycles. The van der Waals surface area contributed by atoms with Gasteiger partial charge in [-0.2, -0.15) is 0 Å². The maximum absolute atomic E-state index is 10.7. The fourth-order valence-electron chi connectivity index (χ4n) is 2.24. The van der Waals surface area contributed by atoms with Gasteiger partial charge in [0.2, 0.25) is 0 Å². The van der Waals surface area contributed by atoms with Crippen LogP contribution in [-0.4, -0.2) is 5.97 Å². The first kappa shape index (κ1) is 11.0. The summed E-state index contributed by atoms with van der Waals surface area (Å²) >= 11 is 0. The maximum atomic E-state index is 10.7. The first-order valence-electron chi connectivity index (χ1n) is 5.09. The van der Waals surface area contributed by atoms with Crippen LogP contribution in [0.25, 0.3) is 0 Å². The van der Waals surface area contributed by atoms with Crippen LogP contribution in [-0.2, 0) is 4.79 Å². The molecule has 0 aromatic rings. The molecule has 0 N–H and O–H groups in total. The monoisotopic (exact) mass is 193 g/mol. The van der Waals surface area contributed by atoms with E-state index in [0.29, 0.717) is 5.92 Å². The highest BCUT2D eigenvalue weighted by Crippen LogP contribution is 2.43. The van der Waals surface area contributed by atoms with E-state index in [2.05, 4.69) is 25.7 Å². The molecule has 0 fully saturated rings. The van der Waals surface area contributed by atoms with Gasteiger partial charge >= 0.3 is 0 Å². The molecular weight excluding hydrogens is 176 g/mol. The van der Waals surface area contributed by atoms with Crippen LogP contribution in [0, 0.1) is 11.3 Å². The van der Waals surface area contributed by atoms with Gasteiger partial charge < -0.3 is 9.90 Å². The van der Waals surface area contributed by atoms with Crippen molar-refractivity contribution >= 4 is 5.97 Å². The lowest BCUT2D eigenvalue weighted by atomic mass is 9.72. The van der Waals surface area contributed by atoms with E-state index in [1.165, 1.54) is 0 Å². The number of aliphatic carboxylic acids is 1. The first-order chi connectivity index (χ1) is 6.60. The summed E-state index contributed by atoms with van der Waals surface area (Å²) in [5.74, 6) is -0.621. The average molecular weight is 193 g/mol. The molecule has 2 unspecified atom stereocenters. The number of carbonyl (C=O) groups is 1. The molecule has 0 aromatic carbocycles. The Kier molecular flexibility index (Phi) is 3.50. The lowest BCUT2D eigenvalue weighted by molar-refractivity contribution is -0.308. The SMILES string of the molecule is C=CCC(C)C1(CC(=O)[O-])C=CCC1. The minimum atomic E-state index is -0.951. The van der Waals surface area contributed by atoms with Crippen LogP contribution in [0.1, 0.15) is 32.6 Å². The first-order valence-corrected chi connectivity index (χ1v) is 5.09. The molecule has 2 nitrogen and oxygen atoms in total. The van der Waals surface area contributed by atoms with Crippen molar-refractivity contribution in [3.8, 4) is 0 Å². The van der Waals surface area contributed by atoms with Crippen LogP contribution in [0.3, 0.4) is 0 Å². The molecule has 2 heteroatoms. The van der Waals surface area contributed by atoms with Gasteiger partial charge in [0.15, 0.2) is 0 Å². The van der Waals surface area contributed by atoms with Crippen molar-refractivity contribution < 1.29 is 9.90 Å². The van der Waals surface area contributed by atoms with E-state index in [9.17, 15) is 9.90 Å². The summed E-state index contributed by atoms with van der Waals surface area (Å²) in [5.41, 5.74) is -0.187. The lowest BCUT2D eigenvalue weighted by Gasteiger charge is -2.34. The fraction of sp³-hybridized carbons (Fsp3) is 0.583. The molecule has 1 aliphatic carbocycles. The third kappa shape index (κ3) is 2.25. The number of carbonyl (C=O) groups excluding carboxylic acids is 1. The van der Waals surface area contributed by atoms with Crippen molar-refractivity contribution in [2.75, 3.05) is 0 Å². The number of hydrogen-bond donors (Lipinski definition) is 0. The minimum absolute atomic E-state index is 0.137. The summed E-state index contributed by atoms with van der Waals surface area (Å²) < 4.78 is 0. The maximum Gasteiger partial charge on any atom is 0.0423 e. The van der Waals surface area contributed by atoms with Crippen molar-refractivity contribution in [3.63, 3.8) is 0 Å². The van der Waals surface area contributed by atoms with E-state index in [-0.39, 0.29) is 11.8 Å². The third-order valence-corrected chi connectivity index (χ3v) is 3.20. The Morgan fingerprint density at radius 1 is 1.79 bits per heavy atom. The smallest absolute Gasteiger partial charge is 0.0423 e. The van der Waals surface area contributed by atoms with E-state index in [0.717, 1.165) is 19.3 Å². The Balaban J connectivity index is 2.75. The van der Waals surface area contributed by atoms with E-state index in [1.54, 1.807) is 0 Å². The molecule has 14 heavy (non-hydrogen) atoms. The molecule has 78 valence electrons. The second-order valence-corrected chi connectivity index (χ2v) is 4.15. The molecule has 0 aromatic heterocycles. The van der Waals surface area contributed by atoms with Gasteiger partial charge in [0, 0.05) is 5.97 Å². The van der Waals surface area contributed by atoms with Crippen LogP contribution >= 0.6 is 0 Å². The summed E-state index contributed by atoms with van der Waals surface area (Å²) in [7, 11) is 0. The standard InChI is InChI=1S/C12H18O2/c1-3-6-10(2)12(9-11(13)14)7-4-5-8-12/h3-4,7,10H,1,5-6,8-9H2,2H3,(H,13,14)/p-1. The number of allylic oxidation sites excluding steroid dienone is 3. The van der Waals surface area contributed by atoms with Gasteiger partial charge in [-0.05, 0) is 37.0 Å². The van der Waals surface area contributed by atoms with Crippen LogP contribution in [0.4, 0.5) is 0 Å². The van der Waals surface area contributed by atoms with Crippen LogP contribution in [0.2, 0.25) is 0 Å². The molecular formula is C12H17O2-. The molecule has 0 radical (unpaired) electrons. The zero-order valence-corrected chi connectivity index (χ0v) is 8.66. The van der Waals surface area contributed by atoms with E-state index in [4.69, 9.17) is 0 Å². The summed E-state index contributed by atoms with van der Waals surface area (Å²) in [5, 5.41) is 10.7. The molecule has 1 aliphatic rings. The molecule has 0 saturated carbocycles. The zero-order valence-electron chi connectivity index (χ0n) is 8.66. The molecule has 0 heterocycles. The normalized spacial score (nSPS) is 27.5. The Bertz CT molecular complexity index is 255. The summed E-state index contributed by atoms with van der Waals surface area (Å²) in [6.45, 7) is 5.78. The van der Waals surface area contributed by atoms with E-state index in [1.807, 2.05) is 6.08 Å². The number of rotatable bonds is 5. The van der Waals surface area contributed by atoms with Crippen molar-refractivity contribution in [2.45, 2.75) is 32.6 Å². The molecule has 0 aliphatic heterocycles. The van der Waals surface area contributed by atoms with Crippen LogP contribution in [0.15, 0.2) is 24.8 Å². The predicted molar refractivity (Wildman–Crippen MR) is 54.4 cm³/mol. The van der Waals surface area contributed by atoms with Gasteiger partial charge in [0.25, 0.3) is 0 Å². The minimum Gasteiger partial charge on any atom is -0.550 e. The Hall–Kier alpha value is -1.05. The fourth-order valence-corrected chi connectivity index (χ4v) is 2.24. The average Bonchev–Trinajstić information content (AvgIpc) is 2.53. The van der Waals surface area contributed by atoms with Crippen molar-refractivity contribution in [1.29, 1.82) is 0 Å². The zero-order chi connectivity index (χ0) is 10.6. The van der Waals surface area contributed by atoms with Crippen molar-refractivity contribution in [3.05, 3.63) is 24.8 Å².